The van der Waals surface area contributed by atoms with Gasteiger partial charge in [-0.25, -0.2) is 0 Å². The van der Waals surface area contributed by atoms with Crippen LogP contribution >= 0.6 is 0 Å². The second kappa shape index (κ2) is 5.09. The van der Waals surface area contributed by atoms with E-state index in [4.69, 9.17) is 5.73 Å². The molecule has 1 saturated heterocycles. The van der Waals surface area contributed by atoms with Gasteiger partial charge in [-0.2, -0.15) is 0 Å². The fraction of sp³-hybridized carbons (Fsp3) is 0.417. The lowest BCUT2D eigenvalue weighted by atomic mass is 10.1. The Kier molecular flexibility index (Phi) is 3.54. The van der Waals surface area contributed by atoms with E-state index >= 15 is 0 Å². The van der Waals surface area contributed by atoms with Crippen molar-refractivity contribution in [3.8, 4) is 0 Å². The molecule has 1 aromatic rings. The first kappa shape index (κ1) is 11.1. The van der Waals surface area contributed by atoms with Crippen LogP contribution in [0.25, 0.3) is 0 Å². The van der Waals surface area contributed by atoms with Gasteiger partial charge in [-0.1, -0.05) is 30.3 Å². The molecule has 0 spiro atoms. The number of carbonyl (C=O) groups excluding carboxylic acids is 1. The van der Waals surface area contributed by atoms with Gasteiger partial charge in [-0.05, 0) is 5.56 Å². The van der Waals surface area contributed by atoms with Gasteiger partial charge in [0.15, 0.2) is 0 Å². The number of hydrogen-bond donors (Lipinski definition) is 2. The first-order valence-corrected chi connectivity index (χ1v) is 5.55. The average Bonchev–Trinajstić information content (AvgIpc) is 2.31. The summed E-state index contributed by atoms with van der Waals surface area (Å²) in [6, 6.07) is 9.97. The number of carbonyl (C=O) groups is 1. The number of nitrogens with two attached hydrogens (primary N) is 1. The number of primary amides is 1. The smallest absolute Gasteiger partial charge is 0.236 e. The van der Waals surface area contributed by atoms with Gasteiger partial charge in [0.2, 0.25) is 5.91 Å². The maximum atomic E-state index is 11.3. The van der Waals surface area contributed by atoms with E-state index in [9.17, 15) is 4.79 Å². The van der Waals surface area contributed by atoms with E-state index in [-0.39, 0.29) is 11.9 Å². The number of benzene rings is 1. The minimum Gasteiger partial charge on any atom is -0.368 e. The van der Waals surface area contributed by atoms with E-state index in [1.807, 2.05) is 18.2 Å². The quantitative estimate of drug-likeness (QED) is 0.749. The zero-order valence-corrected chi connectivity index (χ0v) is 9.23. The van der Waals surface area contributed by atoms with Crippen LogP contribution in [0.3, 0.4) is 0 Å². The minimum atomic E-state index is -0.247. The van der Waals surface area contributed by atoms with Crippen molar-refractivity contribution in [1.29, 1.82) is 0 Å². The molecule has 4 heteroatoms. The molecule has 0 aromatic heterocycles. The second-order valence-corrected chi connectivity index (χ2v) is 4.08. The lowest BCUT2D eigenvalue weighted by Gasteiger charge is -2.34. The Labute approximate surface area is 95.4 Å². The van der Waals surface area contributed by atoms with Crippen LogP contribution in [0.4, 0.5) is 0 Å². The van der Waals surface area contributed by atoms with E-state index in [1.54, 1.807) is 0 Å². The number of piperazine rings is 1. The van der Waals surface area contributed by atoms with E-state index in [0.717, 1.165) is 19.6 Å². The molecule has 1 aromatic carbocycles. The largest absolute Gasteiger partial charge is 0.368 e. The third kappa shape index (κ3) is 2.59. The Bertz CT molecular complexity index is 353. The summed E-state index contributed by atoms with van der Waals surface area (Å²) in [5.74, 6) is -0.247. The van der Waals surface area contributed by atoms with Gasteiger partial charge >= 0.3 is 0 Å². The standard InChI is InChI=1S/C12H17N3O/c13-12(16)11-8-14-6-7-15(11)9-10-4-2-1-3-5-10/h1-5,11,14H,6-9H2,(H2,13,16)/t11-/m0/s1. The predicted molar refractivity (Wildman–Crippen MR) is 62.7 cm³/mol. The Morgan fingerprint density at radius 1 is 1.44 bits per heavy atom. The van der Waals surface area contributed by atoms with Crippen molar-refractivity contribution in [3.63, 3.8) is 0 Å². The predicted octanol–water partition coefficient (Wildman–Crippen LogP) is -0.0543. The van der Waals surface area contributed by atoms with Crippen molar-refractivity contribution < 1.29 is 4.79 Å². The van der Waals surface area contributed by atoms with Gasteiger partial charge in [0.25, 0.3) is 0 Å². The molecule has 4 nitrogen and oxygen atoms in total. The van der Waals surface area contributed by atoms with Crippen LogP contribution in [0.5, 0.6) is 0 Å². The zero-order valence-electron chi connectivity index (χ0n) is 9.23. The molecule has 1 aliphatic heterocycles. The highest BCUT2D eigenvalue weighted by atomic mass is 16.1. The van der Waals surface area contributed by atoms with Crippen LogP contribution < -0.4 is 11.1 Å². The molecule has 1 fully saturated rings. The van der Waals surface area contributed by atoms with Crippen molar-refractivity contribution in [2.45, 2.75) is 12.6 Å². The van der Waals surface area contributed by atoms with Crippen molar-refractivity contribution >= 4 is 5.91 Å². The normalized spacial score (nSPS) is 21.9. The van der Waals surface area contributed by atoms with Gasteiger partial charge in [-0.15, -0.1) is 0 Å². The Hall–Kier alpha value is -1.39. The molecule has 3 N–H and O–H groups in total. The monoisotopic (exact) mass is 219 g/mol. The molecule has 1 heterocycles. The molecule has 1 aliphatic rings. The van der Waals surface area contributed by atoms with Crippen LogP contribution in [0.1, 0.15) is 5.56 Å². The summed E-state index contributed by atoms with van der Waals surface area (Å²) >= 11 is 0. The summed E-state index contributed by atoms with van der Waals surface area (Å²) in [6.07, 6.45) is 0. The fourth-order valence-electron chi connectivity index (χ4n) is 2.03. The van der Waals surface area contributed by atoms with Gasteiger partial charge in [-0.3, -0.25) is 9.69 Å². The molecule has 0 radical (unpaired) electrons. The molecule has 0 aliphatic carbocycles. The molecule has 86 valence electrons. The number of nitrogens with one attached hydrogen (secondary N) is 1. The first-order valence-electron chi connectivity index (χ1n) is 5.55. The summed E-state index contributed by atoms with van der Waals surface area (Å²) < 4.78 is 0. The van der Waals surface area contributed by atoms with Crippen LogP contribution in [-0.4, -0.2) is 36.5 Å². The number of rotatable bonds is 3. The van der Waals surface area contributed by atoms with E-state index < -0.39 is 0 Å². The fourth-order valence-corrected chi connectivity index (χ4v) is 2.03. The molecule has 0 bridgehead atoms. The molecule has 0 saturated carbocycles. The molecule has 1 amide bonds. The average molecular weight is 219 g/mol. The van der Waals surface area contributed by atoms with Crippen LogP contribution in [-0.2, 0) is 11.3 Å². The highest BCUT2D eigenvalue weighted by molar-refractivity contribution is 5.80. The Morgan fingerprint density at radius 3 is 2.88 bits per heavy atom. The van der Waals surface area contributed by atoms with Gasteiger partial charge in [0, 0.05) is 26.2 Å². The maximum absolute atomic E-state index is 11.3. The van der Waals surface area contributed by atoms with Crippen LogP contribution in [0.15, 0.2) is 30.3 Å². The second-order valence-electron chi connectivity index (χ2n) is 4.08. The van der Waals surface area contributed by atoms with Crippen molar-refractivity contribution in [3.05, 3.63) is 35.9 Å². The van der Waals surface area contributed by atoms with Gasteiger partial charge < -0.3 is 11.1 Å². The molecular weight excluding hydrogens is 202 g/mol. The summed E-state index contributed by atoms with van der Waals surface area (Å²) in [5, 5.41) is 3.19. The molecule has 0 unspecified atom stereocenters. The molecule has 2 rings (SSSR count). The van der Waals surface area contributed by atoms with Crippen molar-refractivity contribution in [1.82, 2.24) is 10.2 Å². The third-order valence-electron chi connectivity index (χ3n) is 2.91. The van der Waals surface area contributed by atoms with Gasteiger partial charge in [0.1, 0.15) is 6.04 Å². The van der Waals surface area contributed by atoms with E-state index in [0.29, 0.717) is 6.54 Å². The summed E-state index contributed by atoms with van der Waals surface area (Å²) in [5.41, 5.74) is 6.61. The third-order valence-corrected chi connectivity index (χ3v) is 2.91. The molecular formula is C12H17N3O. The van der Waals surface area contributed by atoms with Crippen LogP contribution in [0.2, 0.25) is 0 Å². The van der Waals surface area contributed by atoms with E-state index in [2.05, 4.69) is 22.3 Å². The van der Waals surface area contributed by atoms with Gasteiger partial charge in [0.05, 0.1) is 0 Å². The topological polar surface area (TPSA) is 58.4 Å². The van der Waals surface area contributed by atoms with Crippen molar-refractivity contribution in [2.75, 3.05) is 19.6 Å². The number of nitrogens with zero attached hydrogens (tertiary/aromatic N) is 1. The Morgan fingerprint density at radius 2 is 2.19 bits per heavy atom. The zero-order chi connectivity index (χ0) is 11.4. The number of amides is 1. The highest BCUT2D eigenvalue weighted by Crippen LogP contribution is 2.09. The summed E-state index contributed by atoms with van der Waals surface area (Å²) in [7, 11) is 0. The minimum absolute atomic E-state index is 0.186. The van der Waals surface area contributed by atoms with E-state index in [1.165, 1.54) is 5.56 Å². The summed E-state index contributed by atoms with van der Waals surface area (Å²) in [6.45, 7) is 3.22. The lowest BCUT2D eigenvalue weighted by molar-refractivity contribution is -0.124. The van der Waals surface area contributed by atoms with Crippen LogP contribution in [0, 0.1) is 0 Å². The maximum Gasteiger partial charge on any atom is 0.236 e. The molecule has 1 atom stereocenters. The highest BCUT2D eigenvalue weighted by Gasteiger charge is 2.26. The summed E-state index contributed by atoms with van der Waals surface area (Å²) in [4.78, 5) is 13.4. The number of hydrogen-bond acceptors (Lipinski definition) is 3. The Balaban J connectivity index is 2.04. The first-order chi connectivity index (χ1) is 7.77. The van der Waals surface area contributed by atoms with Crippen molar-refractivity contribution in [2.24, 2.45) is 5.73 Å². The lowest BCUT2D eigenvalue weighted by Crippen LogP contribution is -2.56. The SMILES string of the molecule is NC(=O)[C@@H]1CNCCN1Cc1ccccc1. The molecule has 16 heavy (non-hydrogen) atoms.